The normalized spacial score (nSPS) is 19.1. The van der Waals surface area contributed by atoms with Crippen molar-refractivity contribution in [3.8, 4) is 0 Å². The molecular formula is C25H27FN4O3S. The summed E-state index contributed by atoms with van der Waals surface area (Å²) in [6.07, 6.45) is 1.56. The van der Waals surface area contributed by atoms with Crippen LogP contribution >= 0.6 is 0 Å². The maximum absolute atomic E-state index is 13.7. The third-order valence-electron chi connectivity index (χ3n) is 6.43. The Kier molecular flexibility index (Phi) is 6.58. The van der Waals surface area contributed by atoms with Gasteiger partial charge in [0.1, 0.15) is 10.7 Å². The lowest BCUT2D eigenvalue weighted by atomic mass is 9.88. The maximum atomic E-state index is 13.7. The summed E-state index contributed by atoms with van der Waals surface area (Å²) < 4.78 is 31.3. The summed E-state index contributed by atoms with van der Waals surface area (Å²) in [5.74, 6) is 1.65. The molecule has 5 rings (SSSR count). The number of piperidine rings is 1. The lowest BCUT2D eigenvalue weighted by molar-refractivity contribution is -0.0769. The summed E-state index contributed by atoms with van der Waals surface area (Å²) in [6, 6.07) is 14.1. The third kappa shape index (κ3) is 4.68. The third-order valence-corrected chi connectivity index (χ3v) is 7.89. The largest absolute Gasteiger partial charge is 0.364 e. The highest BCUT2D eigenvalue weighted by Gasteiger charge is 2.29. The van der Waals surface area contributed by atoms with Crippen LogP contribution in [0.15, 0.2) is 53.4 Å². The number of aliphatic hydroxyl groups is 1. The van der Waals surface area contributed by atoms with Crippen LogP contribution < -0.4 is 10.2 Å². The van der Waals surface area contributed by atoms with Crippen molar-refractivity contribution in [1.82, 2.24) is 9.97 Å². The number of fused-ring (bicyclic) bond motifs is 1. The molecule has 7 nitrogen and oxygen atoms in total. The number of nitrogens with one attached hydrogen (secondary N) is 1. The Bertz CT molecular complexity index is 1220. The zero-order chi connectivity index (χ0) is 23.7. The Morgan fingerprint density at radius 3 is 2.74 bits per heavy atom. The van der Waals surface area contributed by atoms with Crippen LogP contribution in [-0.2, 0) is 22.0 Å². The van der Waals surface area contributed by atoms with E-state index in [2.05, 4.69) is 16.3 Å². The lowest BCUT2D eigenvalue weighted by Gasteiger charge is -2.33. The Balaban J connectivity index is 1.35. The molecule has 9 heteroatoms. The van der Waals surface area contributed by atoms with Crippen LogP contribution in [0.25, 0.3) is 0 Å². The highest BCUT2D eigenvalue weighted by atomic mass is 32.2. The summed E-state index contributed by atoms with van der Waals surface area (Å²) in [4.78, 5) is 12.3. The quantitative estimate of drug-likeness (QED) is 0.513. The molecule has 2 aromatic carbocycles. The Morgan fingerprint density at radius 1 is 1.18 bits per heavy atom. The first-order valence-corrected chi connectivity index (χ1v) is 12.7. The molecule has 0 radical (unpaired) electrons. The smallest absolute Gasteiger partial charge is 0.227 e. The summed E-state index contributed by atoms with van der Waals surface area (Å²) in [7, 11) is 0.316. The van der Waals surface area contributed by atoms with E-state index in [1.165, 1.54) is 24.8 Å². The Labute approximate surface area is 200 Å². The van der Waals surface area contributed by atoms with Crippen LogP contribution in [0.2, 0.25) is 0 Å². The van der Waals surface area contributed by atoms with Crippen LogP contribution in [0.1, 0.15) is 41.9 Å². The van der Waals surface area contributed by atoms with Crippen molar-refractivity contribution >= 4 is 28.3 Å². The molecule has 2 aliphatic heterocycles. The molecule has 2 atom stereocenters. The van der Waals surface area contributed by atoms with Gasteiger partial charge in [-0.2, -0.15) is 4.98 Å². The summed E-state index contributed by atoms with van der Waals surface area (Å²) >= 11 is 0. The van der Waals surface area contributed by atoms with Crippen LogP contribution in [-0.4, -0.2) is 45.2 Å². The predicted octanol–water partition coefficient (Wildman–Crippen LogP) is 4.04. The van der Waals surface area contributed by atoms with Crippen LogP contribution in [0.5, 0.6) is 0 Å². The van der Waals surface area contributed by atoms with Crippen LogP contribution in [0.4, 0.5) is 21.8 Å². The fourth-order valence-electron chi connectivity index (χ4n) is 4.63. The minimum Gasteiger partial charge on any atom is -0.364 e. The molecule has 2 N–H and O–H groups in total. The number of rotatable bonds is 6. The van der Waals surface area contributed by atoms with Gasteiger partial charge >= 0.3 is 0 Å². The van der Waals surface area contributed by atoms with Crippen molar-refractivity contribution in [2.75, 3.05) is 36.2 Å². The van der Waals surface area contributed by atoms with E-state index in [4.69, 9.17) is 14.7 Å². The van der Waals surface area contributed by atoms with Gasteiger partial charge in [0.15, 0.2) is 12.1 Å². The monoisotopic (exact) mass is 482 g/mol. The molecule has 0 bridgehead atoms. The van der Waals surface area contributed by atoms with Gasteiger partial charge in [-0.3, -0.25) is 4.21 Å². The number of halogens is 1. The maximum Gasteiger partial charge on any atom is 0.227 e. The van der Waals surface area contributed by atoms with E-state index in [-0.39, 0.29) is 5.82 Å². The SMILES string of the molecule is COC(O)c1cccc(C2CCN(c3nc4c(c(Nc5cccc(F)c5)n3)S(=O)CC4)CC2)c1. The first-order valence-electron chi connectivity index (χ1n) is 11.4. The average Bonchev–Trinajstić information content (AvgIpc) is 3.24. The molecule has 1 fully saturated rings. The molecule has 0 amide bonds. The van der Waals surface area contributed by atoms with Gasteiger partial charge in [0, 0.05) is 43.6 Å². The number of aryl methyl sites for hydroxylation is 1. The zero-order valence-corrected chi connectivity index (χ0v) is 19.7. The summed E-state index contributed by atoms with van der Waals surface area (Å²) in [6.45, 7) is 1.56. The van der Waals surface area contributed by atoms with Gasteiger partial charge in [0.25, 0.3) is 0 Å². The van der Waals surface area contributed by atoms with E-state index in [1.54, 1.807) is 12.1 Å². The Hall–Kier alpha value is -2.88. The summed E-state index contributed by atoms with van der Waals surface area (Å²) in [5.41, 5.74) is 3.30. The zero-order valence-electron chi connectivity index (χ0n) is 18.9. The van der Waals surface area contributed by atoms with Gasteiger partial charge in [-0.25, -0.2) is 9.37 Å². The average molecular weight is 483 g/mol. The highest BCUT2D eigenvalue weighted by molar-refractivity contribution is 7.85. The highest BCUT2D eigenvalue weighted by Crippen LogP contribution is 2.35. The fraction of sp³-hybridized carbons (Fsp3) is 0.360. The van der Waals surface area contributed by atoms with Crippen LogP contribution in [0.3, 0.4) is 0 Å². The number of methoxy groups -OCH3 is 1. The first-order chi connectivity index (χ1) is 16.5. The van der Waals surface area contributed by atoms with Gasteiger partial charge in [0.2, 0.25) is 5.95 Å². The van der Waals surface area contributed by atoms with E-state index >= 15 is 0 Å². The summed E-state index contributed by atoms with van der Waals surface area (Å²) in [5, 5.41) is 13.2. The topological polar surface area (TPSA) is 87.6 Å². The molecule has 1 saturated heterocycles. The molecule has 3 heterocycles. The van der Waals surface area contributed by atoms with E-state index in [0.29, 0.717) is 40.4 Å². The molecule has 1 aromatic heterocycles. The van der Waals surface area contributed by atoms with Gasteiger partial charge in [0.05, 0.1) is 16.5 Å². The van der Waals surface area contributed by atoms with Crippen molar-refractivity contribution in [2.24, 2.45) is 0 Å². The van der Waals surface area contributed by atoms with E-state index in [9.17, 15) is 13.7 Å². The number of aliphatic hydroxyl groups excluding tert-OH is 1. The van der Waals surface area contributed by atoms with Crippen molar-refractivity contribution in [1.29, 1.82) is 0 Å². The van der Waals surface area contributed by atoms with E-state index in [0.717, 1.165) is 37.2 Å². The molecule has 0 spiro atoms. The molecule has 2 aliphatic rings. The van der Waals surface area contributed by atoms with Gasteiger partial charge < -0.3 is 20.1 Å². The van der Waals surface area contributed by atoms with Gasteiger partial charge in [-0.05, 0) is 42.5 Å². The molecule has 3 aromatic rings. The first kappa shape index (κ1) is 22.9. The molecule has 0 saturated carbocycles. The second-order valence-electron chi connectivity index (χ2n) is 8.60. The van der Waals surface area contributed by atoms with Crippen LogP contribution in [0, 0.1) is 5.82 Å². The lowest BCUT2D eigenvalue weighted by Crippen LogP contribution is -2.34. The number of anilines is 3. The van der Waals surface area contributed by atoms with E-state index in [1.807, 2.05) is 18.2 Å². The molecular weight excluding hydrogens is 455 g/mol. The van der Waals surface area contributed by atoms with Crippen molar-refractivity contribution in [2.45, 2.75) is 36.4 Å². The number of benzene rings is 2. The minimum absolute atomic E-state index is 0.346. The predicted molar refractivity (Wildman–Crippen MR) is 129 cm³/mol. The van der Waals surface area contributed by atoms with Gasteiger partial charge in [-0.1, -0.05) is 30.3 Å². The fourth-order valence-corrected chi connectivity index (χ4v) is 5.93. The second kappa shape index (κ2) is 9.77. The second-order valence-corrected chi connectivity index (χ2v) is 10.1. The standard InChI is InChI=1S/C25H27FN4O3S/c1-33-24(31)18-5-2-4-17(14-18)16-8-11-30(12-9-16)25-28-21-10-13-34(32)22(21)23(29-25)27-20-7-3-6-19(26)15-20/h2-7,14-16,24,31H,8-13H2,1H3,(H,27,28,29). The molecule has 178 valence electrons. The number of hydrogen-bond acceptors (Lipinski definition) is 7. The minimum atomic E-state index is -1.17. The number of nitrogens with zero attached hydrogens (tertiary/aromatic N) is 3. The molecule has 34 heavy (non-hydrogen) atoms. The van der Waals surface area contributed by atoms with Crippen molar-refractivity contribution in [3.05, 3.63) is 71.2 Å². The number of ether oxygens (including phenoxy) is 1. The molecule has 2 unspecified atom stereocenters. The molecule has 0 aliphatic carbocycles. The Morgan fingerprint density at radius 2 is 1.97 bits per heavy atom. The number of aromatic nitrogens is 2. The van der Waals surface area contributed by atoms with Crippen molar-refractivity contribution < 1.29 is 18.4 Å². The van der Waals surface area contributed by atoms with Gasteiger partial charge in [-0.15, -0.1) is 0 Å². The van der Waals surface area contributed by atoms with Crippen molar-refractivity contribution in [3.63, 3.8) is 0 Å². The van der Waals surface area contributed by atoms with E-state index < -0.39 is 17.1 Å². The number of hydrogen-bond donors (Lipinski definition) is 2.